The van der Waals surface area contributed by atoms with E-state index in [4.69, 9.17) is 23.2 Å². The van der Waals surface area contributed by atoms with Crippen LogP contribution < -0.4 is 0 Å². The maximum absolute atomic E-state index is 9.50. The molecule has 0 saturated heterocycles. The summed E-state index contributed by atoms with van der Waals surface area (Å²) in [5.74, 6) is 0. The summed E-state index contributed by atoms with van der Waals surface area (Å²) in [5.41, 5.74) is 0.810. The minimum atomic E-state index is -0.325. The molecular weight excluding hydrogens is 279 g/mol. The summed E-state index contributed by atoms with van der Waals surface area (Å²) in [7, 11) is 2.01. The zero-order chi connectivity index (χ0) is 13.8. The van der Waals surface area contributed by atoms with Crippen LogP contribution in [0.3, 0.4) is 0 Å². The number of nitrogens with zero attached hydrogens (tertiary/aromatic N) is 2. The van der Waals surface area contributed by atoms with Gasteiger partial charge in [0.05, 0.1) is 16.1 Å². The van der Waals surface area contributed by atoms with Crippen molar-refractivity contribution in [3.8, 4) is 6.07 Å². The molecule has 0 bridgehead atoms. The summed E-state index contributed by atoms with van der Waals surface area (Å²) in [5, 5.41) is 10.5. The molecule has 1 fully saturated rings. The van der Waals surface area contributed by atoms with Crippen molar-refractivity contribution < 1.29 is 0 Å². The van der Waals surface area contributed by atoms with Crippen LogP contribution in [0, 0.1) is 11.3 Å². The number of hydrogen-bond donors (Lipinski definition) is 0. The first-order chi connectivity index (χ1) is 9.15. The summed E-state index contributed by atoms with van der Waals surface area (Å²) >= 11 is 12.3. The van der Waals surface area contributed by atoms with Gasteiger partial charge in [0.15, 0.2) is 0 Å². The molecule has 2 nitrogen and oxygen atoms in total. The van der Waals surface area contributed by atoms with Gasteiger partial charge in [-0.1, -0.05) is 54.6 Å². The normalized spacial score (nSPS) is 18.3. The van der Waals surface area contributed by atoms with Gasteiger partial charge in [-0.25, -0.2) is 0 Å². The van der Waals surface area contributed by atoms with Crippen LogP contribution in [0.25, 0.3) is 0 Å². The van der Waals surface area contributed by atoms with E-state index in [9.17, 15) is 5.26 Å². The molecular formula is C15H18Cl2N2. The van der Waals surface area contributed by atoms with Gasteiger partial charge >= 0.3 is 0 Å². The molecule has 0 aromatic heterocycles. The molecule has 1 unspecified atom stereocenters. The van der Waals surface area contributed by atoms with Gasteiger partial charge in [0, 0.05) is 11.6 Å². The van der Waals surface area contributed by atoms with Crippen molar-refractivity contribution >= 4 is 23.2 Å². The molecule has 0 spiro atoms. The number of rotatable bonds is 3. The highest BCUT2D eigenvalue weighted by molar-refractivity contribution is 6.42. The van der Waals surface area contributed by atoms with E-state index in [2.05, 4.69) is 11.0 Å². The first kappa shape index (κ1) is 14.7. The highest BCUT2D eigenvalue weighted by atomic mass is 35.5. The molecule has 19 heavy (non-hydrogen) atoms. The fraction of sp³-hybridized carbons (Fsp3) is 0.533. The molecule has 1 aliphatic carbocycles. The van der Waals surface area contributed by atoms with E-state index >= 15 is 0 Å². The molecule has 2 rings (SSSR count). The minimum absolute atomic E-state index is 0.325. The molecule has 1 aliphatic rings. The maximum Gasteiger partial charge on any atom is 0.125 e. The Kier molecular flexibility index (Phi) is 5.10. The van der Waals surface area contributed by atoms with Gasteiger partial charge < -0.3 is 0 Å². The van der Waals surface area contributed by atoms with Crippen molar-refractivity contribution in [2.45, 2.75) is 44.2 Å². The summed E-state index contributed by atoms with van der Waals surface area (Å²) in [6, 6.07) is 8.00. The average Bonchev–Trinajstić information content (AvgIpc) is 2.45. The van der Waals surface area contributed by atoms with E-state index in [1.807, 2.05) is 19.2 Å². The molecule has 0 heterocycles. The van der Waals surface area contributed by atoms with Gasteiger partial charge in [-0.2, -0.15) is 5.26 Å². The van der Waals surface area contributed by atoms with Gasteiger partial charge in [-0.3, -0.25) is 4.90 Å². The van der Waals surface area contributed by atoms with Gasteiger partial charge in [0.1, 0.15) is 6.04 Å². The van der Waals surface area contributed by atoms with Gasteiger partial charge in [-0.15, -0.1) is 0 Å². The number of nitriles is 1. The highest BCUT2D eigenvalue weighted by Gasteiger charge is 2.27. The van der Waals surface area contributed by atoms with E-state index in [-0.39, 0.29) is 6.04 Å². The Morgan fingerprint density at radius 1 is 1.26 bits per heavy atom. The molecule has 0 amide bonds. The van der Waals surface area contributed by atoms with E-state index < -0.39 is 0 Å². The minimum Gasteiger partial charge on any atom is -0.284 e. The fourth-order valence-corrected chi connectivity index (χ4v) is 3.22. The summed E-state index contributed by atoms with van der Waals surface area (Å²) in [6.45, 7) is 0. The zero-order valence-corrected chi connectivity index (χ0v) is 12.6. The van der Waals surface area contributed by atoms with Gasteiger partial charge in [0.25, 0.3) is 0 Å². The van der Waals surface area contributed by atoms with Crippen molar-refractivity contribution in [1.82, 2.24) is 4.90 Å². The van der Waals surface area contributed by atoms with Crippen LogP contribution in [-0.4, -0.2) is 18.0 Å². The van der Waals surface area contributed by atoms with E-state index in [0.29, 0.717) is 16.1 Å². The number of hydrogen-bond acceptors (Lipinski definition) is 2. The maximum atomic E-state index is 9.50. The summed E-state index contributed by atoms with van der Waals surface area (Å²) < 4.78 is 0. The van der Waals surface area contributed by atoms with E-state index in [1.54, 1.807) is 6.07 Å². The van der Waals surface area contributed by atoms with Crippen molar-refractivity contribution in [3.63, 3.8) is 0 Å². The van der Waals surface area contributed by atoms with E-state index in [1.165, 1.54) is 19.3 Å². The molecule has 1 aromatic rings. The topological polar surface area (TPSA) is 27.0 Å². The average molecular weight is 297 g/mol. The highest BCUT2D eigenvalue weighted by Crippen LogP contribution is 2.34. The first-order valence-electron chi connectivity index (χ1n) is 6.70. The monoisotopic (exact) mass is 296 g/mol. The molecule has 0 N–H and O–H groups in total. The third kappa shape index (κ3) is 3.23. The van der Waals surface area contributed by atoms with Crippen LogP contribution in [0.1, 0.15) is 43.7 Å². The first-order valence-corrected chi connectivity index (χ1v) is 7.46. The van der Waals surface area contributed by atoms with Crippen molar-refractivity contribution in [2.24, 2.45) is 0 Å². The second kappa shape index (κ2) is 6.61. The summed E-state index contributed by atoms with van der Waals surface area (Å²) in [4.78, 5) is 2.15. The molecule has 0 aliphatic heterocycles. The van der Waals surface area contributed by atoms with Crippen LogP contribution in [-0.2, 0) is 0 Å². The predicted octanol–water partition coefficient (Wildman–Crippen LogP) is 4.82. The Balaban J connectivity index is 2.24. The Morgan fingerprint density at radius 2 is 1.95 bits per heavy atom. The number of halogens is 2. The van der Waals surface area contributed by atoms with Crippen molar-refractivity contribution in [1.29, 1.82) is 5.26 Å². The lowest BCUT2D eigenvalue weighted by atomic mass is 9.92. The molecule has 1 aromatic carbocycles. The van der Waals surface area contributed by atoms with Crippen LogP contribution in [0.5, 0.6) is 0 Å². The quantitative estimate of drug-likeness (QED) is 0.799. The second-order valence-electron chi connectivity index (χ2n) is 5.13. The Morgan fingerprint density at radius 3 is 2.58 bits per heavy atom. The Labute approximate surface area is 124 Å². The standard InChI is InChI=1S/C15H18Cl2N2/c1-19(11-6-3-2-4-7-11)14(10-18)12-8-5-9-13(16)15(12)17/h5,8-9,11,14H,2-4,6-7H2,1H3. The fourth-order valence-electron chi connectivity index (χ4n) is 2.81. The smallest absolute Gasteiger partial charge is 0.125 e. The number of benzene rings is 1. The van der Waals surface area contributed by atoms with Gasteiger partial charge in [0.2, 0.25) is 0 Å². The van der Waals surface area contributed by atoms with Crippen LogP contribution in [0.4, 0.5) is 0 Å². The molecule has 1 atom stereocenters. The zero-order valence-electron chi connectivity index (χ0n) is 11.1. The molecule has 4 heteroatoms. The largest absolute Gasteiger partial charge is 0.284 e. The second-order valence-corrected chi connectivity index (χ2v) is 5.92. The Bertz CT molecular complexity index is 476. The van der Waals surface area contributed by atoms with E-state index in [0.717, 1.165) is 18.4 Å². The lowest BCUT2D eigenvalue weighted by Crippen LogP contribution is -2.36. The van der Waals surface area contributed by atoms with Crippen LogP contribution in [0.15, 0.2) is 18.2 Å². The van der Waals surface area contributed by atoms with Crippen molar-refractivity contribution in [3.05, 3.63) is 33.8 Å². The third-order valence-electron chi connectivity index (χ3n) is 3.96. The summed E-state index contributed by atoms with van der Waals surface area (Å²) in [6.07, 6.45) is 6.12. The Hall–Kier alpha value is -0.750. The predicted molar refractivity (Wildman–Crippen MR) is 79.5 cm³/mol. The third-order valence-corrected chi connectivity index (χ3v) is 4.79. The van der Waals surface area contributed by atoms with Crippen molar-refractivity contribution in [2.75, 3.05) is 7.05 Å². The lowest BCUT2D eigenvalue weighted by Gasteiger charge is -2.34. The molecule has 102 valence electrons. The SMILES string of the molecule is CN(C1CCCCC1)C(C#N)c1cccc(Cl)c1Cl. The van der Waals surface area contributed by atoms with Gasteiger partial charge in [-0.05, 0) is 26.0 Å². The molecule has 1 saturated carbocycles. The lowest BCUT2D eigenvalue weighted by molar-refractivity contribution is 0.164. The van der Waals surface area contributed by atoms with Crippen LogP contribution in [0.2, 0.25) is 10.0 Å². The molecule has 0 radical (unpaired) electrons. The van der Waals surface area contributed by atoms with Crippen LogP contribution >= 0.6 is 23.2 Å².